The summed E-state index contributed by atoms with van der Waals surface area (Å²) in [6, 6.07) is 19.5. The molecule has 2 aromatic carbocycles. The summed E-state index contributed by atoms with van der Waals surface area (Å²) in [6.45, 7) is 8.80. The van der Waals surface area contributed by atoms with Crippen LogP contribution in [0, 0.1) is 0 Å². The summed E-state index contributed by atoms with van der Waals surface area (Å²) in [6.07, 6.45) is 3.92. The highest BCUT2D eigenvalue weighted by Crippen LogP contribution is 2.28. The highest BCUT2D eigenvalue weighted by molar-refractivity contribution is 5.47. The molecular formula is C20H24N+. The summed E-state index contributed by atoms with van der Waals surface area (Å²) >= 11 is 0. The van der Waals surface area contributed by atoms with Gasteiger partial charge in [0.05, 0.1) is 14.1 Å². The van der Waals surface area contributed by atoms with Crippen molar-refractivity contribution < 1.29 is 4.48 Å². The maximum Gasteiger partial charge on any atom is 0.133 e. The number of rotatable bonds is 6. The molecule has 2 rings (SSSR count). The third-order valence-electron chi connectivity index (χ3n) is 3.92. The van der Waals surface area contributed by atoms with E-state index in [9.17, 15) is 0 Å². The lowest BCUT2D eigenvalue weighted by Crippen LogP contribution is -2.41. The van der Waals surface area contributed by atoms with E-state index in [0.717, 1.165) is 16.6 Å². The Hall–Kier alpha value is -2.12. The molecule has 1 nitrogen and oxygen atoms in total. The Kier molecular flexibility index (Phi) is 4.77. The van der Waals surface area contributed by atoms with Crippen LogP contribution in [-0.4, -0.2) is 18.6 Å². The Morgan fingerprint density at radius 1 is 0.952 bits per heavy atom. The molecule has 1 heteroatoms. The molecule has 2 aromatic rings. The average Bonchev–Trinajstić information content (AvgIpc) is 2.49. The predicted octanol–water partition coefficient (Wildman–Crippen LogP) is 4.83. The fourth-order valence-corrected chi connectivity index (χ4v) is 2.80. The topological polar surface area (TPSA) is 0 Å². The molecule has 0 aliphatic carbocycles. The van der Waals surface area contributed by atoms with Crippen LogP contribution in [0.25, 0.3) is 6.08 Å². The van der Waals surface area contributed by atoms with Crippen LogP contribution in [0.1, 0.15) is 22.7 Å². The van der Waals surface area contributed by atoms with E-state index in [0.29, 0.717) is 0 Å². The van der Waals surface area contributed by atoms with Gasteiger partial charge in [0, 0.05) is 11.1 Å². The van der Waals surface area contributed by atoms with Gasteiger partial charge in [-0.25, -0.2) is 0 Å². The standard InChI is InChI=1S/C20H24N/c1-5-17-12-14-18(15-13-17)16-21(3,4)20(6-2)19-10-8-7-9-11-19/h5-15,20H,1-2,16H2,3-4H3/q+1. The SMILES string of the molecule is C=Cc1ccc(C[N+](C)(C)C(C=C)c2ccccc2)cc1. The van der Waals surface area contributed by atoms with Crippen LogP contribution < -0.4 is 0 Å². The van der Waals surface area contributed by atoms with Crippen molar-refractivity contribution >= 4 is 6.08 Å². The summed E-state index contributed by atoms with van der Waals surface area (Å²) < 4.78 is 0.848. The van der Waals surface area contributed by atoms with E-state index in [2.05, 4.69) is 81.9 Å². The molecule has 0 N–H and O–H groups in total. The zero-order valence-electron chi connectivity index (χ0n) is 13.0. The first-order valence-electron chi connectivity index (χ1n) is 7.28. The molecule has 1 atom stereocenters. The summed E-state index contributed by atoms with van der Waals surface area (Å²) in [5, 5.41) is 0. The Morgan fingerprint density at radius 3 is 2.10 bits per heavy atom. The molecule has 0 aromatic heterocycles. The molecule has 0 fully saturated rings. The highest BCUT2D eigenvalue weighted by Gasteiger charge is 2.27. The molecule has 0 radical (unpaired) electrons. The van der Waals surface area contributed by atoms with Gasteiger partial charge in [0.25, 0.3) is 0 Å². The molecule has 0 heterocycles. The molecule has 0 saturated heterocycles. The number of hydrogen-bond acceptors (Lipinski definition) is 0. The molecule has 0 spiro atoms. The van der Waals surface area contributed by atoms with Crippen molar-refractivity contribution in [1.29, 1.82) is 0 Å². The Labute approximate surface area is 128 Å². The van der Waals surface area contributed by atoms with Gasteiger partial charge in [0.1, 0.15) is 12.6 Å². The Bertz CT molecular complexity index is 593. The Balaban J connectivity index is 2.22. The molecule has 0 aliphatic heterocycles. The number of nitrogens with zero attached hydrogens (tertiary/aromatic N) is 1. The minimum Gasteiger partial charge on any atom is -0.315 e. The third kappa shape index (κ3) is 3.71. The van der Waals surface area contributed by atoms with Crippen molar-refractivity contribution in [1.82, 2.24) is 0 Å². The molecule has 0 amide bonds. The maximum atomic E-state index is 4.04. The first kappa shape index (κ1) is 15.3. The smallest absolute Gasteiger partial charge is 0.133 e. The van der Waals surface area contributed by atoms with Gasteiger partial charge in [-0.05, 0) is 11.6 Å². The van der Waals surface area contributed by atoms with Gasteiger partial charge in [-0.1, -0.05) is 73.8 Å². The Morgan fingerprint density at radius 2 is 1.57 bits per heavy atom. The van der Waals surface area contributed by atoms with Crippen molar-refractivity contribution in [3.8, 4) is 0 Å². The fraction of sp³-hybridized carbons (Fsp3) is 0.200. The summed E-state index contributed by atoms with van der Waals surface area (Å²) in [4.78, 5) is 0. The molecular weight excluding hydrogens is 254 g/mol. The van der Waals surface area contributed by atoms with Crippen molar-refractivity contribution in [3.05, 3.63) is 90.5 Å². The van der Waals surface area contributed by atoms with Crippen LogP contribution in [0.5, 0.6) is 0 Å². The van der Waals surface area contributed by atoms with E-state index < -0.39 is 0 Å². The number of quaternary nitrogens is 1. The second-order valence-electron chi connectivity index (χ2n) is 5.97. The van der Waals surface area contributed by atoms with Crippen LogP contribution in [0.2, 0.25) is 0 Å². The zero-order chi connectivity index (χ0) is 15.3. The number of benzene rings is 2. The maximum absolute atomic E-state index is 4.04. The lowest BCUT2D eigenvalue weighted by Gasteiger charge is -2.37. The van der Waals surface area contributed by atoms with Gasteiger partial charge in [-0.2, -0.15) is 0 Å². The lowest BCUT2D eigenvalue weighted by molar-refractivity contribution is -0.927. The van der Waals surface area contributed by atoms with Crippen molar-refractivity contribution in [2.75, 3.05) is 14.1 Å². The first-order chi connectivity index (χ1) is 10.1. The molecule has 0 aliphatic rings. The van der Waals surface area contributed by atoms with Gasteiger partial charge in [-0.3, -0.25) is 0 Å². The third-order valence-corrected chi connectivity index (χ3v) is 3.92. The quantitative estimate of drug-likeness (QED) is 0.524. The van der Waals surface area contributed by atoms with Crippen molar-refractivity contribution in [3.63, 3.8) is 0 Å². The van der Waals surface area contributed by atoms with E-state index >= 15 is 0 Å². The van der Waals surface area contributed by atoms with E-state index in [1.165, 1.54) is 11.1 Å². The highest BCUT2D eigenvalue weighted by atomic mass is 15.3. The summed E-state index contributed by atoms with van der Waals surface area (Å²) in [7, 11) is 4.50. The molecule has 0 bridgehead atoms. The van der Waals surface area contributed by atoms with Crippen molar-refractivity contribution in [2.24, 2.45) is 0 Å². The molecule has 21 heavy (non-hydrogen) atoms. The minimum absolute atomic E-state index is 0.283. The average molecular weight is 278 g/mol. The van der Waals surface area contributed by atoms with Crippen LogP contribution in [0.3, 0.4) is 0 Å². The molecule has 1 unspecified atom stereocenters. The monoisotopic (exact) mass is 278 g/mol. The zero-order valence-corrected chi connectivity index (χ0v) is 13.0. The first-order valence-corrected chi connectivity index (χ1v) is 7.28. The van der Waals surface area contributed by atoms with E-state index in [-0.39, 0.29) is 6.04 Å². The van der Waals surface area contributed by atoms with Gasteiger partial charge in [-0.15, -0.1) is 0 Å². The fourth-order valence-electron chi connectivity index (χ4n) is 2.80. The lowest BCUT2D eigenvalue weighted by atomic mass is 10.0. The number of hydrogen-bond donors (Lipinski definition) is 0. The van der Waals surface area contributed by atoms with E-state index in [1.54, 1.807) is 0 Å². The van der Waals surface area contributed by atoms with E-state index in [1.807, 2.05) is 12.2 Å². The normalized spacial score (nSPS) is 12.7. The van der Waals surface area contributed by atoms with E-state index in [4.69, 9.17) is 0 Å². The van der Waals surface area contributed by atoms with Gasteiger partial charge >= 0.3 is 0 Å². The second-order valence-corrected chi connectivity index (χ2v) is 5.97. The molecule has 0 saturated carbocycles. The van der Waals surface area contributed by atoms with Crippen LogP contribution >= 0.6 is 0 Å². The van der Waals surface area contributed by atoms with Crippen LogP contribution in [0.4, 0.5) is 0 Å². The largest absolute Gasteiger partial charge is 0.315 e. The van der Waals surface area contributed by atoms with Gasteiger partial charge in [0.2, 0.25) is 0 Å². The second kappa shape index (κ2) is 6.55. The van der Waals surface area contributed by atoms with Crippen molar-refractivity contribution in [2.45, 2.75) is 12.6 Å². The van der Waals surface area contributed by atoms with Gasteiger partial charge < -0.3 is 4.48 Å². The summed E-state index contributed by atoms with van der Waals surface area (Å²) in [5.74, 6) is 0. The van der Waals surface area contributed by atoms with Crippen LogP contribution in [0.15, 0.2) is 73.8 Å². The minimum atomic E-state index is 0.283. The molecule has 108 valence electrons. The summed E-state index contributed by atoms with van der Waals surface area (Å²) in [5.41, 5.74) is 3.79. The number of likely N-dealkylation sites (N-methyl/N-ethyl adjacent to an activating group) is 1. The van der Waals surface area contributed by atoms with Crippen LogP contribution in [-0.2, 0) is 6.54 Å². The van der Waals surface area contributed by atoms with Gasteiger partial charge in [0.15, 0.2) is 0 Å². The predicted molar refractivity (Wildman–Crippen MR) is 91.7 cm³/mol.